The van der Waals surface area contributed by atoms with E-state index in [0.29, 0.717) is 6.54 Å². The normalized spacial score (nSPS) is 18.5. The van der Waals surface area contributed by atoms with Crippen LogP contribution >= 0.6 is 0 Å². The Kier molecular flexibility index (Phi) is 11.2. The highest BCUT2D eigenvalue weighted by atomic mass is 19.4. The van der Waals surface area contributed by atoms with Crippen LogP contribution in [0, 0.1) is 0 Å². The van der Waals surface area contributed by atoms with Gasteiger partial charge in [-0.2, -0.15) is 26.3 Å². The number of rotatable bonds is 5. The van der Waals surface area contributed by atoms with Crippen molar-refractivity contribution in [2.45, 2.75) is 49.8 Å². The number of likely N-dealkylation sites (tertiary alicyclic amines) is 1. The third kappa shape index (κ3) is 10.1. The van der Waals surface area contributed by atoms with Crippen LogP contribution in [0.25, 0.3) is 0 Å². The number of halogens is 7. The van der Waals surface area contributed by atoms with Gasteiger partial charge in [-0.15, -0.1) is 0 Å². The second kappa shape index (κ2) is 13.6. The third-order valence-electron chi connectivity index (χ3n) is 5.98. The quantitative estimate of drug-likeness (QED) is 0.431. The van der Waals surface area contributed by atoms with E-state index in [-0.39, 0.29) is 18.3 Å². The summed E-state index contributed by atoms with van der Waals surface area (Å²) in [6, 6.07) is 10.6. The number of carboxylic acids is 2. The fourth-order valence-electron chi connectivity index (χ4n) is 4.04. The largest absolute Gasteiger partial charge is 0.490 e. The maximum absolute atomic E-state index is 12.6. The fraction of sp³-hybridized carbons (Fsp3) is 0.500. The van der Waals surface area contributed by atoms with Crippen LogP contribution in [0.5, 0.6) is 5.75 Å². The second-order valence-electron chi connectivity index (χ2n) is 8.73. The summed E-state index contributed by atoms with van der Waals surface area (Å²) in [6.07, 6.45) is -3.83. The molecule has 1 atom stereocenters. The Bertz CT molecular complexity index is 1030. The fourth-order valence-corrected chi connectivity index (χ4v) is 4.04. The van der Waals surface area contributed by atoms with E-state index in [1.54, 1.807) is 12.5 Å². The number of fused-ring (bicyclic) bond motifs is 1. The summed E-state index contributed by atoms with van der Waals surface area (Å²) in [4.78, 5) is 20.0. The number of hydrogen-bond acceptors (Lipinski definition) is 6. The molecule has 2 aliphatic rings. The zero-order valence-corrected chi connectivity index (χ0v) is 20.4. The molecule has 1 unspecified atom stereocenters. The van der Waals surface area contributed by atoms with Crippen LogP contribution in [-0.2, 0) is 16.1 Å². The number of ether oxygens (including phenoxy) is 1. The number of hydrogen-bond donors (Lipinski definition) is 3. The van der Waals surface area contributed by atoms with Gasteiger partial charge in [0.15, 0.2) is 0 Å². The maximum atomic E-state index is 12.6. The summed E-state index contributed by atoms with van der Waals surface area (Å²) in [6.45, 7) is 2.85. The summed E-state index contributed by atoms with van der Waals surface area (Å²) in [5.74, 6) is -4.53. The van der Waals surface area contributed by atoms with E-state index in [0.717, 1.165) is 50.2 Å². The van der Waals surface area contributed by atoms with Gasteiger partial charge in [-0.25, -0.2) is 14.0 Å². The predicted octanol–water partition coefficient (Wildman–Crippen LogP) is 4.96. The number of aliphatic carboxylic acids is 2. The van der Waals surface area contributed by atoms with Crippen LogP contribution in [0.1, 0.15) is 36.4 Å². The molecule has 0 radical (unpaired) electrons. The number of para-hydroxylation sites is 1. The summed E-state index contributed by atoms with van der Waals surface area (Å²) < 4.78 is 87.7. The molecule has 1 saturated heterocycles. The van der Waals surface area contributed by atoms with E-state index < -0.39 is 24.3 Å². The molecule has 0 bridgehead atoms. The van der Waals surface area contributed by atoms with Gasteiger partial charge in [-0.1, -0.05) is 18.2 Å². The monoisotopic (exact) mass is 572 g/mol. The second-order valence-corrected chi connectivity index (χ2v) is 8.73. The van der Waals surface area contributed by atoms with Crippen molar-refractivity contribution in [3.8, 4) is 5.75 Å². The molecule has 8 nitrogen and oxygen atoms in total. The van der Waals surface area contributed by atoms with Gasteiger partial charge in [0.1, 0.15) is 18.0 Å². The molecular formula is C24H27F7N2O6. The van der Waals surface area contributed by atoms with E-state index in [2.05, 4.69) is 28.4 Å². The zero-order valence-electron chi connectivity index (χ0n) is 20.4. The number of carboxylic acid groups (broad SMARTS) is 2. The van der Waals surface area contributed by atoms with Crippen molar-refractivity contribution in [2.24, 2.45) is 0 Å². The first-order valence-corrected chi connectivity index (χ1v) is 11.6. The van der Waals surface area contributed by atoms with Crippen molar-refractivity contribution in [3.05, 3.63) is 54.0 Å². The SMILES string of the molecule is FCCN1CCC2(CC1)CC(NCc1ccoc1)c1ccccc1O2.O=C(O)C(F)(F)F.O=C(O)C(F)(F)F. The van der Waals surface area contributed by atoms with Crippen molar-refractivity contribution in [1.82, 2.24) is 10.2 Å². The lowest BCUT2D eigenvalue weighted by molar-refractivity contribution is -0.193. The minimum absolute atomic E-state index is 0.144. The maximum Gasteiger partial charge on any atom is 0.490 e. The average molecular weight is 572 g/mol. The summed E-state index contributed by atoms with van der Waals surface area (Å²) in [5.41, 5.74) is 2.23. The van der Waals surface area contributed by atoms with Gasteiger partial charge >= 0.3 is 24.3 Å². The lowest BCUT2D eigenvalue weighted by Crippen LogP contribution is -2.52. The Morgan fingerprint density at radius 3 is 2.05 bits per heavy atom. The van der Waals surface area contributed by atoms with Gasteiger partial charge in [0, 0.05) is 49.8 Å². The van der Waals surface area contributed by atoms with Crippen LogP contribution in [0.15, 0.2) is 47.3 Å². The van der Waals surface area contributed by atoms with E-state index in [4.69, 9.17) is 29.0 Å². The standard InChI is InChI=1S/C20H25FN2O2.2C2HF3O2/c21-8-11-23-9-6-20(7-10-23)13-18(22-14-16-5-12-24-15-16)17-3-1-2-4-19(17)25-20;2*3-2(4,5)1(6)7/h1-5,12,15,18,22H,6-11,13-14H2;2*(H,6,7). The molecule has 1 aromatic heterocycles. The average Bonchev–Trinajstić information content (AvgIpc) is 3.38. The molecule has 2 aromatic rings. The third-order valence-corrected chi connectivity index (χ3v) is 5.98. The molecule has 39 heavy (non-hydrogen) atoms. The number of nitrogens with zero attached hydrogens (tertiary/aromatic N) is 1. The van der Waals surface area contributed by atoms with E-state index in [1.807, 2.05) is 12.1 Å². The Balaban J connectivity index is 0.000000317. The Labute approximate surface area is 218 Å². The molecule has 2 aliphatic heterocycles. The van der Waals surface area contributed by atoms with Gasteiger partial charge in [0.25, 0.3) is 0 Å². The first kappa shape index (κ1) is 31.9. The summed E-state index contributed by atoms with van der Waals surface area (Å²) in [5, 5.41) is 17.9. The van der Waals surface area contributed by atoms with Gasteiger partial charge in [-0.05, 0) is 25.0 Å². The molecule has 218 valence electrons. The number of nitrogens with one attached hydrogen (secondary N) is 1. The van der Waals surface area contributed by atoms with E-state index >= 15 is 0 Å². The summed E-state index contributed by atoms with van der Waals surface area (Å²) >= 11 is 0. The van der Waals surface area contributed by atoms with Crippen LogP contribution < -0.4 is 10.1 Å². The van der Waals surface area contributed by atoms with Crippen LogP contribution in [0.2, 0.25) is 0 Å². The van der Waals surface area contributed by atoms with Crippen molar-refractivity contribution < 1.29 is 59.7 Å². The number of furan rings is 1. The highest BCUT2D eigenvalue weighted by molar-refractivity contribution is 5.73. The van der Waals surface area contributed by atoms with Crippen LogP contribution in [0.3, 0.4) is 0 Å². The Morgan fingerprint density at radius 1 is 1.00 bits per heavy atom. The smallest absolute Gasteiger partial charge is 0.487 e. The molecule has 0 saturated carbocycles. The molecule has 1 aromatic carbocycles. The van der Waals surface area contributed by atoms with Crippen molar-refractivity contribution >= 4 is 11.9 Å². The molecule has 0 aliphatic carbocycles. The van der Waals surface area contributed by atoms with Crippen LogP contribution in [0.4, 0.5) is 30.7 Å². The van der Waals surface area contributed by atoms with Gasteiger partial charge in [0.2, 0.25) is 0 Å². The van der Waals surface area contributed by atoms with Crippen LogP contribution in [-0.4, -0.2) is 71.3 Å². The number of piperidine rings is 1. The molecule has 15 heteroatoms. The number of alkyl halides is 7. The van der Waals surface area contributed by atoms with Gasteiger partial charge < -0.3 is 29.6 Å². The van der Waals surface area contributed by atoms with E-state index in [9.17, 15) is 30.7 Å². The minimum Gasteiger partial charge on any atom is -0.487 e. The zero-order chi connectivity index (χ0) is 29.3. The Morgan fingerprint density at radius 2 is 1.56 bits per heavy atom. The van der Waals surface area contributed by atoms with Gasteiger partial charge in [0.05, 0.1) is 12.5 Å². The summed E-state index contributed by atoms with van der Waals surface area (Å²) in [7, 11) is 0. The van der Waals surface area contributed by atoms with E-state index in [1.165, 1.54) is 5.56 Å². The predicted molar refractivity (Wildman–Crippen MR) is 122 cm³/mol. The van der Waals surface area contributed by atoms with Gasteiger partial charge in [-0.3, -0.25) is 0 Å². The first-order valence-electron chi connectivity index (χ1n) is 11.6. The highest BCUT2D eigenvalue weighted by Crippen LogP contribution is 2.44. The van der Waals surface area contributed by atoms with Crippen molar-refractivity contribution in [2.75, 3.05) is 26.3 Å². The number of carbonyl (C=O) groups is 2. The highest BCUT2D eigenvalue weighted by Gasteiger charge is 2.43. The molecular weight excluding hydrogens is 545 g/mol. The first-order chi connectivity index (χ1) is 18.2. The molecule has 4 rings (SSSR count). The van der Waals surface area contributed by atoms with Crippen molar-refractivity contribution in [1.29, 1.82) is 0 Å². The molecule has 3 N–H and O–H groups in total. The number of benzene rings is 1. The Hall–Kier alpha value is -3.33. The molecule has 1 fully saturated rings. The lowest BCUT2D eigenvalue weighted by Gasteiger charge is -2.47. The topological polar surface area (TPSA) is 112 Å². The molecule has 3 heterocycles. The lowest BCUT2D eigenvalue weighted by atomic mass is 9.80. The molecule has 1 spiro atoms. The minimum atomic E-state index is -5.08. The molecule has 0 amide bonds. The van der Waals surface area contributed by atoms with Crippen molar-refractivity contribution in [3.63, 3.8) is 0 Å².